The highest BCUT2D eigenvalue weighted by Gasteiger charge is 2.48. The Labute approximate surface area is 201 Å². The summed E-state index contributed by atoms with van der Waals surface area (Å²) in [6, 6.07) is 12.5. The van der Waals surface area contributed by atoms with Crippen molar-refractivity contribution in [2.24, 2.45) is 5.41 Å². The molecule has 33 heavy (non-hydrogen) atoms. The van der Waals surface area contributed by atoms with Crippen LogP contribution in [0.4, 0.5) is 11.6 Å². The van der Waals surface area contributed by atoms with Gasteiger partial charge in [-0.15, -0.1) is 9.55 Å². The van der Waals surface area contributed by atoms with Crippen LogP contribution in [0.5, 0.6) is 0 Å². The lowest BCUT2D eigenvalue weighted by molar-refractivity contribution is -0.0304. The third-order valence-electron chi connectivity index (χ3n) is 5.22. The molecule has 1 fully saturated rings. The zero-order valence-electron chi connectivity index (χ0n) is 17.8. The van der Waals surface area contributed by atoms with E-state index in [-0.39, 0.29) is 23.8 Å². The molecule has 3 N–H and O–H groups in total. The number of nitrogen functional groups attached to an aromatic ring is 1. The predicted molar refractivity (Wildman–Crippen MR) is 126 cm³/mol. The molecule has 0 amide bonds. The van der Waals surface area contributed by atoms with Gasteiger partial charge in [0.05, 0.1) is 6.61 Å². The summed E-state index contributed by atoms with van der Waals surface area (Å²) in [6.07, 6.45) is 1.01. The van der Waals surface area contributed by atoms with Crippen LogP contribution in [-0.2, 0) is 20.2 Å². The molecule has 0 radical (unpaired) electrons. The molecule has 2 unspecified atom stereocenters. The number of rotatable bonds is 5. The molecule has 172 valence electrons. The Bertz CT molecular complexity index is 1250. The Morgan fingerprint density at radius 2 is 2.03 bits per heavy atom. The Morgan fingerprint density at radius 3 is 2.67 bits per heavy atom. The number of hydrogen-bond donors (Lipinski definition) is 2. The largest absolute Gasteiger partial charge is 0.457 e. The number of hydrogen-bond acceptors (Lipinski definition) is 8. The highest BCUT2D eigenvalue weighted by molar-refractivity contribution is 7.52. The maximum Gasteiger partial charge on any atom is 0.457 e. The van der Waals surface area contributed by atoms with Crippen molar-refractivity contribution in [1.82, 2.24) is 14.5 Å². The van der Waals surface area contributed by atoms with E-state index in [0.717, 1.165) is 15.6 Å². The molecule has 2 atom stereocenters. The fourth-order valence-corrected chi connectivity index (χ4v) is 5.65. The third kappa shape index (κ3) is 4.72. The zero-order chi connectivity index (χ0) is 23.8. The highest BCUT2D eigenvalue weighted by Crippen LogP contribution is 2.62. The second-order valence-electron chi connectivity index (χ2n) is 8.22. The minimum atomic E-state index is -4.01. The van der Waals surface area contributed by atoms with E-state index in [0.29, 0.717) is 16.7 Å². The number of nitrogens with two attached hydrogens (primary N) is 1. The SMILES string of the molecule is CC1(C)COP(=O)(n2nc(NCc3ccc(Cl)nc3)c(C#N)c2N)OC1c1ccc(Cl)cc1. The van der Waals surface area contributed by atoms with E-state index in [2.05, 4.69) is 15.4 Å². The standard InChI is InChI=1S/C21H21Cl2N6O3P/c1-21(2)12-31-33(30,32-18(21)14-4-6-15(22)7-5-14)29-19(25)16(9-24)20(28-29)27-11-13-3-8-17(23)26-10-13/h3-8,10,18H,11-12,25H2,1-2H3,(H,27,28). The first-order valence-corrected chi connectivity index (χ1v) is 12.2. The molecule has 2 aromatic heterocycles. The van der Waals surface area contributed by atoms with Crippen LogP contribution in [0, 0.1) is 16.7 Å². The average Bonchev–Trinajstić information content (AvgIpc) is 3.12. The van der Waals surface area contributed by atoms with E-state index in [1.807, 2.05) is 32.0 Å². The van der Waals surface area contributed by atoms with Gasteiger partial charge < -0.3 is 11.1 Å². The van der Waals surface area contributed by atoms with Gasteiger partial charge in [0.15, 0.2) is 11.6 Å². The monoisotopic (exact) mass is 506 g/mol. The summed E-state index contributed by atoms with van der Waals surface area (Å²) >= 11 is 11.8. The molecular weight excluding hydrogens is 486 g/mol. The van der Waals surface area contributed by atoms with Gasteiger partial charge in [0.1, 0.15) is 22.9 Å². The van der Waals surface area contributed by atoms with Gasteiger partial charge in [-0.1, -0.05) is 55.2 Å². The van der Waals surface area contributed by atoms with E-state index in [9.17, 15) is 9.83 Å². The first-order valence-electron chi connectivity index (χ1n) is 9.95. The summed E-state index contributed by atoms with van der Waals surface area (Å²) in [5.74, 6) is 0.0346. The minimum Gasteiger partial charge on any atom is -0.382 e. The molecule has 0 saturated carbocycles. The highest BCUT2D eigenvalue weighted by atomic mass is 35.5. The first-order chi connectivity index (χ1) is 15.6. The summed E-state index contributed by atoms with van der Waals surface area (Å²) in [6.45, 7) is 4.30. The van der Waals surface area contributed by atoms with Crippen LogP contribution < -0.4 is 11.1 Å². The number of aromatic nitrogens is 3. The molecule has 12 heteroatoms. The first kappa shape index (κ1) is 23.6. The topological polar surface area (TPSA) is 128 Å². The van der Waals surface area contributed by atoms with Gasteiger partial charge in [-0.25, -0.2) is 9.55 Å². The van der Waals surface area contributed by atoms with Crippen LogP contribution in [0.3, 0.4) is 0 Å². The predicted octanol–water partition coefficient (Wildman–Crippen LogP) is 5.42. The summed E-state index contributed by atoms with van der Waals surface area (Å²) in [5, 5.41) is 17.9. The lowest BCUT2D eigenvalue weighted by Gasteiger charge is -2.41. The van der Waals surface area contributed by atoms with Crippen LogP contribution in [0.1, 0.15) is 36.6 Å². The second-order valence-corrected chi connectivity index (χ2v) is 10.8. The Morgan fingerprint density at radius 1 is 1.30 bits per heavy atom. The molecule has 3 heterocycles. The summed E-state index contributed by atoms with van der Waals surface area (Å²) < 4.78 is 26.4. The van der Waals surface area contributed by atoms with E-state index in [4.69, 9.17) is 38.0 Å². The summed E-state index contributed by atoms with van der Waals surface area (Å²) in [5.41, 5.74) is 7.28. The zero-order valence-corrected chi connectivity index (χ0v) is 20.2. The molecule has 1 saturated heterocycles. The second kappa shape index (κ2) is 8.98. The molecule has 1 aliphatic rings. The van der Waals surface area contributed by atoms with Gasteiger partial charge in [0.25, 0.3) is 0 Å². The molecule has 4 rings (SSSR count). The fraction of sp³-hybridized carbons (Fsp3) is 0.286. The molecule has 1 aromatic carbocycles. The Kier molecular flexibility index (Phi) is 6.41. The molecule has 9 nitrogen and oxygen atoms in total. The molecule has 0 bridgehead atoms. The number of nitrogens with zero attached hydrogens (tertiary/aromatic N) is 4. The molecule has 0 aliphatic carbocycles. The quantitative estimate of drug-likeness (QED) is 0.346. The van der Waals surface area contributed by atoms with E-state index >= 15 is 0 Å². The van der Waals surface area contributed by atoms with Crippen molar-refractivity contribution in [3.8, 4) is 6.07 Å². The maximum absolute atomic E-state index is 13.8. The van der Waals surface area contributed by atoms with E-state index < -0.39 is 19.3 Å². The van der Waals surface area contributed by atoms with Gasteiger partial charge in [-0.2, -0.15) is 5.26 Å². The lowest BCUT2D eigenvalue weighted by Crippen LogP contribution is -2.34. The van der Waals surface area contributed by atoms with Crippen LogP contribution >= 0.6 is 30.9 Å². The summed E-state index contributed by atoms with van der Waals surface area (Å²) in [7, 11) is -4.01. The number of nitriles is 1. The van der Waals surface area contributed by atoms with Crippen LogP contribution in [-0.4, -0.2) is 21.1 Å². The van der Waals surface area contributed by atoms with Crippen molar-refractivity contribution in [3.05, 3.63) is 69.5 Å². The maximum atomic E-state index is 13.8. The van der Waals surface area contributed by atoms with Crippen molar-refractivity contribution in [1.29, 1.82) is 5.26 Å². The van der Waals surface area contributed by atoms with Crippen molar-refractivity contribution in [2.75, 3.05) is 17.7 Å². The minimum absolute atomic E-state index is 0.0345. The number of benzene rings is 1. The van der Waals surface area contributed by atoms with Crippen molar-refractivity contribution in [3.63, 3.8) is 0 Å². The smallest absolute Gasteiger partial charge is 0.382 e. The Hall–Kier alpha value is -2.60. The van der Waals surface area contributed by atoms with Crippen LogP contribution in [0.15, 0.2) is 42.6 Å². The number of anilines is 2. The molecule has 1 aliphatic heterocycles. The van der Waals surface area contributed by atoms with Crippen molar-refractivity contribution >= 4 is 42.6 Å². The lowest BCUT2D eigenvalue weighted by atomic mass is 9.83. The molecular formula is C21H21Cl2N6O3P. The van der Waals surface area contributed by atoms with Gasteiger partial charge in [0.2, 0.25) is 0 Å². The third-order valence-corrected chi connectivity index (χ3v) is 7.39. The van der Waals surface area contributed by atoms with Crippen LogP contribution in [0.25, 0.3) is 0 Å². The normalized spacial score (nSPS) is 22.0. The van der Waals surface area contributed by atoms with E-state index in [1.54, 1.807) is 30.5 Å². The van der Waals surface area contributed by atoms with Gasteiger partial charge in [0, 0.05) is 23.2 Å². The van der Waals surface area contributed by atoms with Gasteiger partial charge >= 0.3 is 7.75 Å². The van der Waals surface area contributed by atoms with Crippen molar-refractivity contribution < 1.29 is 13.6 Å². The van der Waals surface area contributed by atoms with Crippen LogP contribution in [0.2, 0.25) is 10.2 Å². The van der Waals surface area contributed by atoms with Gasteiger partial charge in [-0.05, 0) is 29.3 Å². The molecule has 3 aromatic rings. The summed E-state index contributed by atoms with van der Waals surface area (Å²) in [4.78, 5) is 4.01. The van der Waals surface area contributed by atoms with Gasteiger partial charge in [-0.3, -0.25) is 9.05 Å². The Balaban J connectivity index is 1.64. The number of nitrogens with one attached hydrogen (secondary N) is 1. The number of pyridine rings is 1. The number of halogens is 2. The average molecular weight is 507 g/mol. The van der Waals surface area contributed by atoms with Crippen molar-refractivity contribution in [2.45, 2.75) is 26.5 Å². The fourth-order valence-electron chi connectivity index (χ4n) is 3.42. The van der Waals surface area contributed by atoms with E-state index in [1.165, 1.54) is 0 Å². The molecule has 0 spiro atoms.